The van der Waals surface area contributed by atoms with E-state index in [-0.39, 0.29) is 12.8 Å². The molecule has 0 aliphatic carbocycles. The summed E-state index contributed by atoms with van der Waals surface area (Å²) >= 11 is 0. The van der Waals surface area contributed by atoms with Crippen LogP contribution in [0.2, 0.25) is 0 Å². The first-order valence-corrected chi connectivity index (χ1v) is 4.44. The number of rotatable bonds is 6. The standard InChI is InChI=1S/C10H14O4/c1-2-3-4-5-8-14-10(13)7-6-9(11)12/h4-8H2,1H3,(H,11,12). The van der Waals surface area contributed by atoms with Crippen LogP contribution in [0.15, 0.2) is 0 Å². The molecule has 0 saturated carbocycles. The molecule has 0 spiro atoms. The lowest BCUT2D eigenvalue weighted by molar-refractivity contribution is -0.147. The molecular weight excluding hydrogens is 184 g/mol. The quantitative estimate of drug-likeness (QED) is 0.395. The number of hydrogen-bond acceptors (Lipinski definition) is 3. The van der Waals surface area contributed by atoms with Gasteiger partial charge < -0.3 is 9.84 Å². The molecule has 0 fully saturated rings. The first-order valence-electron chi connectivity index (χ1n) is 4.44. The Balaban J connectivity index is 3.34. The van der Waals surface area contributed by atoms with E-state index in [1.54, 1.807) is 6.92 Å². The van der Waals surface area contributed by atoms with E-state index < -0.39 is 11.9 Å². The number of hydrogen-bond donors (Lipinski definition) is 1. The van der Waals surface area contributed by atoms with Crippen molar-refractivity contribution in [2.45, 2.75) is 32.6 Å². The number of esters is 1. The Kier molecular flexibility index (Phi) is 7.24. The molecule has 4 nitrogen and oxygen atoms in total. The second kappa shape index (κ2) is 8.11. The Hall–Kier alpha value is -1.50. The molecule has 0 radical (unpaired) electrons. The fourth-order valence-electron chi connectivity index (χ4n) is 0.753. The number of ether oxygens (including phenoxy) is 1. The number of carboxylic acid groups (broad SMARTS) is 1. The summed E-state index contributed by atoms with van der Waals surface area (Å²) in [6.07, 6.45) is 1.16. The Morgan fingerprint density at radius 1 is 1.36 bits per heavy atom. The van der Waals surface area contributed by atoms with Crippen molar-refractivity contribution in [1.82, 2.24) is 0 Å². The van der Waals surface area contributed by atoms with Gasteiger partial charge in [0.25, 0.3) is 0 Å². The molecule has 0 aliphatic heterocycles. The molecule has 0 bridgehead atoms. The Morgan fingerprint density at radius 2 is 2.07 bits per heavy atom. The van der Waals surface area contributed by atoms with Crippen molar-refractivity contribution in [1.29, 1.82) is 0 Å². The van der Waals surface area contributed by atoms with Crippen LogP contribution in [0.3, 0.4) is 0 Å². The summed E-state index contributed by atoms with van der Waals surface area (Å²) in [6.45, 7) is 2.06. The largest absolute Gasteiger partial charge is 0.481 e. The van der Waals surface area contributed by atoms with Gasteiger partial charge in [0.15, 0.2) is 0 Å². The summed E-state index contributed by atoms with van der Waals surface area (Å²) in [7, 11) is 0. The highest BCUT2D eigenvalue weighted by Gasteiger charge is 2.05. The fourth-order valence-corrected chi connectivity index (χ4v) is 0.753. The topological polar surface area (TPSA) is 63.6 Å². The van der Waals surface area contributed by atoms with Gasteiger partial charge in [0.2, 0.25) is 0 Å². The van der Waals surface area contributed by atoms with Crippen LogP contribution in [0.5, 0.6) is 0 Å². The number of carboxylic acids is 1. The summed E-state index contributed by atoms with van der Waals surface area (Å²) in [4.78, 5) is 21.0. The van der Waals surface area contributed by atoms with Crippen LogP contribution in [0, 0.1) is 11.8 Å². The normalized spacial score (nSPS) is 8.64. The van der Waals surface area contributed by atoms with Gasteiger partial charge in [-0.25, -0.2) is 0 Å². The molecular formula is C10H14O4. The van der Waals surface area contributed by atoms with E-state index in [4.69, 9.17) is 9.84 Å². The number of carbonyl (C=O) groups excluding carboxylic acids is 1. The third kappa shape index (κ3) is 8.60. The van der Waals surface area contributed by atoms with Crippen LogP contribution in [0.1, 0.15) is 32.6 Å². The predicted molar refractivity (Wildman–Crippen MR) is 50.5 cm³/mol. The van der Waals surface area contributed by atoms with E-state index in [0.29, 0.717) is 19.4 Å². The Bertz CT molecular complexity index is 247. The van der Waals surface area contributed by atoms with Crippen LogP contribution in [-0.4, -0.2) is 23.7 Å². The van der Waals surface area contributed by atoms with Crippen LogP contribution < -0.4 is 0 Å². The second-order valence-corrected chi connectivity index (χ2v) is 2.64. The summed E-state index contributed by atoms with van der Waals surface area (Å²) < 4.78 is 4.77. The van der Waals surface area contributed by atoms with Gasteiger partial charge in [-0.15, -0.1) is 11.8 Å². The zero-order valence-electron chi connectivity index (χ0n) is 8.21. The van der Waals surface area contributed by atoms with E-state index in [1.807, 2.05) is 0 Å². The lowest BCUT2D eigenvalue weighted by atomic mass is 10.3. The monoisotopic (exact) mass is 198 g/mol. The van der Waals surface area contributed by atoms with E-state index in [1.165, 1.54) is 0 Å². The number of carbonyl (C=O) groups is 2. The van der Waals surface area contributed by atoms with Crippen molar-refractivity contribution >= 4 is 11.9 Å². The molecule has 0 atom stereocenters. The maximum atomic E-state index is 10.9. The molecule has 14 heavy (non-hydrogen) atoms. The van der Waals surface area contributed by atoms with Crippen molar-refractivity contribution in [2.75, 3.05) is 6.61 Å². The van der Waals surface area contributed by atoms with Crippen LogP contribution in [0.25, 0.3) is 0 Å². The van der Waals surface area contributed by atoms with E-state index in [9.17, 15) is 9.59 Å². The van der Waals surface area contributed by atoms with E-state index in [2.05, 4.69) is 11.8 Å². The number of aliphatic carboxylic acids is 1. The van der Waals surface area contributed by atoms with Crippen LogP contribution in [-0.2, 0) is 14.3 Å². The third-order valence-corrected chi connectivity index (χ3v) is 1.43. The van der Waals surface area contributed by atoms with Crippen molar-refractivity contribution < 1.29 is 19.4 Å². The lowest BCUT2D eigenvalue weighted by Gasteiger charge is -2.01. The minimum absolute atomic E-state index is 0.0607. The maximum absolute atomic E-state index is 10.9. The van der Waals surface area contributed by atoms with Crippen LogP contribution in [0.4, 0.5) is 0 Å². The zero-order chi connectivity index (χ0) is 10.8. The van der Waals surface area contributed by atoms with Gasteiger partial charge in [-0.2, -0.15) is 0 Å². The molecule has 0 heterocycles. The molecule has 0 amide bonds. The second-order valence-electron chi connectivity index (χ2n) is 2.64. The summed E-state index contributed by atoms with van der Waals surface area (Å²) in [5, 5.41) is 8.28. The molecule has 0 aliphatic rings. The minimum Gasteiger partial charge on any atom is -0.481 e. The molecule has 0 unspecified atom stereocenters. The summed E-state index contributed by atoms with van der Waals surface area (Å²) in [5.74, 6) is 4.12. The van der Waals surface area contributed by atoms with Gasteiger partial charge in [-0.1, -0.05) is 0 Å². The molecule has 0 aromatic carbocycles. The molecule has 0 saturated heterocycles. The van der Waals surface area contributed by atoms with E-state index in [0.717, 1.165) is 0 Å². The third-order valence-electron chi connectivity index (χ3n) is 1.43. The van der Waals surface area contributed by atoms with Gasteiger partial charge in [0, 0.05) is 6.42 Å². The van der Waals surface area contributed by atoms with Gasteiger partial charge in [-0.05, 0) is 13.3 Å². The van der Waals surface area contributed by atoms with Crippen LogP contribution >= 0.6 is 0 Å². The highest BCUT2D eigenvalue weighted by atomic mass is 16.5. The molecule has 78 valence electrons. The highest BCUT2D eigenvalue weighted by Crippen LogP contribution is 1.95. The summed E-state index contributed by atoms with van der Waals surface area (Å²) in [5.41, 5.74) is 0. The molecule has 0 aromatic heterocycles. The predicted octanol–water partition coefficient (Wildman–Crippen LogP) is 1.20. The van der Waals surface area contributed by atoms with Crippen molar-refractivity contribution in [3.8, 4) is 11.8 Å². The number of unbranched alkanes of at least 4 members (excludes halogenated alkanes) is 1. The zero-order valence-corrected chi connectivity index (χ0v) is 8.21. The molecule has 0 rings (SSSR count). The summed E-state index contributed by atoms with van der Waals surface area (Å²) in [6, 6.07) is 0. The molecule has 0 aromatic rings. The highest BCUT2D eigenvalue weighted by molar-refractivity contribution is 5.76. The average Bonchev–Trinajstić information content (AvgIpc) is 2.14. The van der Waals surface area contributed by atoms with Crippen molar-refractivity contribution in [3.05, 3.63) is 0 Å². The maximum Gasteiger partial charge on any atom is 0.306 e. The molecule has 1 N–H and O–H groups in total. The van der Waals surface area contributed by atoms with Gasteiger partial charge >= 0.3 is 11.9 Å². The van der Waals surface area contributed by atoms with Crippen molar-refractivity contribution in [2.24, 2.45) is 0 Å². The average molecular weight is 198 g/mol. The van der Waals surface area contributed by atoms with Gasteiger partial charge in [-0.3, -0.25) is 9.59 Å². The molecule has 4 heteroatoms. The first kappa shape index (κ1) is 12.5. The Morgan fingerprint density at radius 3 is 2.64 bits per heavy atom. The lowest BCUT2D eigenvalue weighted by Crippen LogP contribution is -2.08. The van der Waals surface area contributed by atoms with E-state index >= 15 is 0 Å². The SMILES string of the molecule is CC#CCCCOC(=O)CCC(=O)O. The van der Waals surface area contributed by atoms with Crippen molar-refractivity contribution in [3.63, 3.8) is 0 Å². The first-order chi connectivity index (χ1) is 6.66. The fraction of sp³-hybridized carbons (Fsp3) is 0.600. The van der Waals surface area contributed by atoms with Gasteiger partial charge in [0.1, 0.15) is 0 Å². The Labute approximate surface area is 83.3 Å². The smallest absolute Gasteiger partial charge is 0.306 e. The minimum atomic E-state index is -0.987. The van der Waals surface area contributed by atoms with Gasteiger partial charge in [0.05, 0.1) is 19.4 Å².